The summed E-state index contributed by atoms with van der Waals surface area (Å²) in [5.74, 6) is -0.976. The van der Waals surface area contributed by atoms with Crippen molar-refractivity contribution >= 4 is 34.5 Å². The van der Waals surface area contributed by atoms with E-state index in [1.54, 1.807) is 44.2 Å². The van der Waals surface area contributed by atoms with Gasteiger partial charge in [0.15, 0.2) is 0 Å². The van der Waals surface area contributed by atoms with E-state index >= 15 is 0 Å². The highest BCUT2D eigenvalue weighted by Gasteiger charge is 2.26. The second kappa shape index (κ2) is 9.66. The third kappa shape index (κ3) is 4.88. The summed E-state index contributed by atoms with van der Waals surface area (Å²) in [5.41, 5.74) is 0.885. The minimum Gasteiger partial charge on any atom is -0.472 e. The second-order valence-corrected chi connectivity index (χ2v) is 7.09. The molecule has 162 valence electrons. The highest BCUT2D eigenvalue weighted by atomic mass is 35.5. The highest BCUT2D eigenvalue weighted by Crippen LogP contribution is 2.35. The summed E-state index contributed by atoms with van der Waals surface area (Å²) in [6.45, 7) is 3.58. The summed E-state index contributed by atoms with van der Waals surface area (Å²) in [7, 11) is 1.24. The van der Waals surface area contributed by atoms with Gasteiger partial charge >= 0.3 is 17.6 Å². The number of carbonyl (C=O) groups excluding carboxylic acids is 2. The Labute approximate surface area is 183 Å². The third-order valence-electron chi connectivity index (χ3n) is 4.74. The first kappa shape index (κ1) is 22.4. The largest absolute Gasteiger partial charge is 0.472 e. The monoisotopic (exact) mass is 444 g/mol. The molecule has 3 rings (SSSR count). The van der Waals surface area contributed by atoms with Crippen LogP contribution in [0.3, 0.4) is 0 Å². The van der Waals surface area contributed by atoms with Gasteiger partial charge in [-0.3, -0.25) is 4.79 Å². The Kier molecular flexibility index (Phi) is 6.97. The molecular formula is C23H21ClO7. The lowest BCUT2D eigenvalue weighted by Crippen LogP contribution is -2.21. The number of halogens is 1. The quantitative estimate of drug-likeness (QED) is 0.399. The molecule has 0 bridgehead atoms. The molecule has 0 saturated heterocycles. The van der Waals surface area contributed by atoms with Gasteiger partial charge in [0, 0.05) is 17.0 Å². The minimum atomic E-state index is -1.05. The molecule has 3 aromatic rings. The van der Waals surface area contributed by atoms with Gasteiger partial charge in [0.25, 0.3) is 0 Å². The number of ether oxygens (including phenoxy) is 3. The Morgan fingerprint density at radius 1 is 1.16 bits per heavy atom. The lowest BCUT2D eigenvalue weighted by molar-refractivity contribution is -0.151. The molecule has 7 nitrogen and oxygen atoms in total. The highest BCUT2D eigenvalue weighted by molar-refractivity contribution is 6.32. The molecule has 0 amide bonds. The number of aryl methyl sites for hydroxylation is 1. The van der Waals surface area contributed by atoms with E-state index in [0.29, 0.717) is 16.5 Å². The van der Waals surface area contributed by atoms with Crippen LogP contribution in [0, 0.1) is 6.92 Å². The van der Waals surface area contributed by atoms with Crippen LogP contribution in [0.1, 0.15) is 29.7 Å². The molecule has 0 N–H and O–H groups in total. The standard InChI is InChI=1S/C23H21ClO7/c1-4-29-23(27)21(14-8-6-5-7-9-14)30-19-12-18-15(10-17(19)24)13(2)16(22(26)31-18)11-20(25)28-3/h5-10,12,21H,4,11H2,1-3H3/t21-/m1/s1. The van der Waals surface area contributed by atoms with Crippen LogP contribution in [-0.2, 0) is 25.5 Å². The molecule has 1 aromatic heterocycles. The summed E-state index contributed by atoms with van der Waals surface area (Å²) >= 11 is 6.43. The van der Waals surface area contributed by atoms with E-state index in [0.717, 1.165) is 0 Å². The normalized spacial score (nSPS) is 11.7. The van der Waals surface area contributed by atoms with Crippen molar-refractivity contribution < 1.29 is 28.2 Å². The maximum atomic E-state index is 12.5. The van der Waals surface area contributed by atoms with E-state index in [2.05, 4.69) is 4.74 Å². The van der Waals surface area contributed by atoms with Gasteiger partial charge in [-0.25, -0.2) is 9.59 Å². The van der Waals surface area contributed by atoms with Crippen molar-refractivity contribution in [3.8, 4) is 5.75 Å². The third-order valence-corrected chi connectivity index (χ3v) is 5.03. The molecule has 0 radical (unpaired) electrons. The number of rotatable bonds is 7. The van der Waals surface area contributed by atoms with Gasteiger partial charge in [0.2, 0.25) is 6.10 Å². The smallest absolute Gasteiger partial charge is 0.352 e. The van der Waals surface area contributed by atoms with Crippen LogP contribution in [0.2, 0.25) is 5.02 Å². The van der Waals surface area contributed by atoms with Crippen molar-refractivity contribution in [1.82, 2.24) is 0 Å². The molecule has 8 heteroatoms. The molecule has 1 atom stereocenters. The summed E-state index contributed by atoms with van der Waals surface area (Å²) in [6.07, 6.45) is -1.27. The summed E-state index contributed by atoms with van der Waals surface area (Å²) in [6, 6.07) is 11.9. The number of methoxy groups -OCH3 is 1. The Morgan fingerprint density at radius 2 is 1.87 bits per heavy atom. The number of hydrogen-bond acceptors (Lipinski definition) is 7. The van der Waals surface area contributed by atoms with Gasteiger partial charge in [-0.05, 0) is 25.5 Å². The molecule has 0 aliphatic heterocycles. The first-order chi connectivity index (χ1) is 14.8. The molecule has 0 spiro atoms. The lowest BCUT2D eigenvalue weighted by Gasteiger charge is -2.19. The van der Waals surface area contributed by atoms with Gasteiger partial charge in [-0.2, -0.15) is 0 Å². The van der Waals surface area contributed by atoms with Crippen molar-refractivity contribution in [2.75, 3.05) is 13.7 Å². The van der Waals surface area contributed by atoms with Crippen LogP contribution in [0.15, 0.2) is 51.7 Å². The molecular weight excluding hydrogens is 424 g/mol. The van der Waals surface area contributed by atoms with E-state index in [1.807, 2.05) is 6.07 Å². The minimum absolute atomic E-state index is 0.152. The van der Waals surface area contributed by atoms with Crippen molar-refractivity contribution in [3.63, 3.8) is 0 Å². The van der Waals surface area contributed by atoms with Gasteiger partial charge in [-0.15, -0.1) is 0 Å². The number of esters is 2. The topological polar surface area (TPSA) is 92.0 Å². The number of hydrogen-bond donors (Lipinski definition) is 0. The predicted octanol–water partition coefficient (Wildman–Crippen LogP) is 4.15. The SMILES string of the molecule is CCOC(=O)[C@H](Oc1cc2oc(=O)c(CC(=O)OC)c(C)c2cc1Cl)c1ccccc1. The maximum Gasteiger partial charge on any atom is 0.352 e. The summed E-state index contributed by atoms with van der Waals surface area (Å²) in [4.78, 5) is 36.5. The zero-order valence-corrected chi connectivity index (χ0v) is 18.0. The zero-order valence-electron chi connectivity index (χ0n) is 17.3. The second-order valence-electron chi connectivity index (χ2n) is 6.69. The molecule has 0 saturated carbocycles. The van der Waals surface area contributed by atoms with Crippen molar-refractivity contribution in [2.45, 2.75) is 26.4 Å². The van der Waals surface area contributed by atoms with Crippen molar-refractivity contribution in [2.24, 2.45) is 0 Å². The molecule has 0 aliphatic rings. The van der Waals surface area contributed by atoms with Gasteiger partial charge < -0.3 is 18.6 Å². The van der Waals surface area contributed by atoms with Crippen LogP contribution < -0.4 is 10.4 Å². The van der Waals surface area contributed by atoms with Crippen LogP contribution in [0.25, 0.3) is 11.0 Å². The molecule has 1 heterocycles. The molecule has 31 heavy (non-hydrogen) atoms. The van der Waals surface area contributed by atoms with E-state index in [4.69, 9.17) is 25.5 Å². The van der Waals surface area contributed by atoms with Crippen molar-refractivity contribution in [1.29, 1.82) is 0 Å². The number of carbonyl (C=O) groups is 2. The Hall–Kier alpha value is -3.32. The lowest BCUT2D eigenvalue weighted by atomic mass is 10.0. The average Bonchev–Trinajstić information content (AvgIpc) is 2.76. The van der Waals surface area contributed by atoms with Crippen LogP contribution in [0.5, 0.6) is 5.75 Å². The van der Waals surface area contributed by atoms with Crippen LogP contribution >= 0.6 is 11.6 Å². The predicted molar refractivity (Wildman–Crippen MR) is 114 cm³/mol. The van der Waals surface area contributed by atoms with Gasteiger partial charge in [0.1, 0.15) is 11.3 Å². The van der Waals surface area contributed by atoms with Crippen LogP contribution in [-0.4, -0.2) is 25.7 Å². The zero-order chi connectivity index (χ0) is 22.5. The Balaban J connectivity index is 2.05. The average molecular weight is 445 g/mol. The fourth-order valence-corrected chi connectivity index (χ4v) is 3.33. The fraction of sp³-hybridized carbons (Fsp3) is 0.261. The number of fused-ring (bicyclic) bond motifs is 1. The van der Waals surface area contributed by atoms with E-state index < -0.39 is 23.7 Å². The molecule has 0 fully saturated rings. The van der Waals surface area contributed by atoms with Gasteiger partial charge in [0.05, 0.1) is 30.7 Å². The molecule has 0 aliphatic carbocycles. The summed E-state index contributed by atoms with van der Waals surface area (Å²) in [5, 5.41) is 0.752. The van der Waals surface area contributed by atoms with E-state index in [9.17, 15) is 14.4 Å². The number of benzene rings is 2. The maximum absolute atomic E-state index is 12.5. The Morgan fingerprint density at radius 3 is 2.52 bits per heavy atom. The molecule has 2 aromatic carbocycles. The Bertz CT molecular complexity index is 1170. The first-order valence-electron chi connectivity index (χ1n) is 9.56. The van der Waals surface area contributed by atoms with E-state index in [1.165, 1.54) is 13.2 Å². The summed E-state index contributed by atoms with van der Waals surface area (Å²) < 4.78 is 21.1. The molecule has 0 unspecified atom stereocenters. The van der Waals surface area contributed by atoms with Crippen LogP contribution in [0.4, 0.5) is 0 Å². The fourth-order valence-electron chi connectivity index (χ4n) is 3.13. The van der Waals surface area contributed by atoms with E-state index in [-0.39, 0.29) is 34.9 Å². The van der Waals surface area contributed by atoms with Crippen molar-refractivity contribution in [3.05, 3.63) is 74.6 Å². The van der Waals surface area contributed by atoms with Gasteiger partial charge in [-0.1, -0.05) is 41.9 Å². The first-order valence-corrected chi connectivity index (χ1v) is 9.94.